The van der Waals surface area contributed by atoms with E-state index in [0.29, 0.717) is 5.56 Å². The molecule has 0 radical (unpaired) electrons. The van der Waals surface area contributed by atoms with Gasteiger partial charge in [-0.05, 0) is 6.07 Å². The first-order valence-electron chi connectivity index (χ1n) is 4.53. The Kier molecular flexibility index (Phi) is 4.45. The van der Waals surface area contributed by atoms with Crippen LogP contribution in [0, 0.1) is 0 Å². The Balaban J connectivity index is 2.96. The average molecular weight is 226 g/mol. The Hall–Kier alpha value is -1.20. The van der Waals surface area contributed by atoms with Gasteiger partial charge >= 0.3 is 0 Å². The molecule has 0 heterocycles. The third kappa shape index (κ3) is 3.14. The highest BCUT2D eigenvalue weighted by atomic mass is 32.2. The van der Waals surface area contributed by atoms with E-state index in [1.165, 1.54) is 11.8 Å². The molecule has 5 heteroatoms. The van der Waals surface area contributed by atoms with Crippen molar-refractivity contribution < 1.29 is 10.3 Å². The standard InChI is InChI=1S/C10H14N2O2S/c1-7(6-13)15-9-5-3-2-4-8(9)10(11)12-14/h2-5,7,13-14H,6H2,1H3,(H2,11,12). The summed E-state index contributed by atoms with van der Waals surface area (Å²) in [6, 6.07) is 7.35. The lowest BCUT2D eigenvalue weighted by atomic mass is 10.2. The van der Waals surface area contributed by atoms with Crippen molar-refractivity contribution in [1.29, 1.82) is 0 Å². The van der Waals surface area contributed by atoms with Crippen molar-refractivity contribution in [2.24, 2.45) is 10.9 Å². The van der Waals surface area contributed by atoms with Gasteiger partial charge in [-0.25, -0.2) is 0 Å². The molecule has 0 spiro atoms. The zero-order valence-corrected chi connectivity index (χ0v) is 9.24. The SMILES string of the molecule is CC(CO)Sc1ccccc1/C(N)=N/O. The third-order valence-corrected chi connectivity index (χ3v) is 3.02. The maximum Gasteiger partial charge on any atom is 0.171 e. The highest BCUT2D eigenvalue weighted by Gasteiger charge is 2.09. The number of rotatable bonds is 4. The molecule has 1 aromatic carbocycles. The van der Waals surface area contributed by atoms with Gasteiger partial charge in [-0.3, -0.25) is 0 Å². The van der Waals surface area contributed by atoms with Crippen molar-refractivity contribution in [1.82, 2.24) is 0 Å². The Morgan fingerprint density at radius 1 is 1.53 bits per heavy atom. The maximum absolute atomic E-state index is 8.95. The molecule has 4 N–H and O–H groups in total. The fraction of sp³-hybridized carbons (Fsp3) is 0.300. The zero-order chi connectivity index (χ0) is 11.3. The van der Waals surface area contributed by atoms with Crippen LogP contribution in [0.1, 0.15) is 12.5 Å². The van der Waals surface area contributed by atoms with Crippen LogP contribution in [-0.2, 0) is 0 Å². The molecule has 1 aromatic rings. The van der Waals surface area contributed by atoms with Crippen LogP contribution in [0.25, 0.3) is 0 Å². The quantitative estimate of drug-likeness (QED) is 0.237. The molecule has 0 saturated carbocycles. The minimum atomic E-state index is 0.0812. The first-order valence-corrected chi connectivity index (χ1v) is 5.41. The normalized spacial score (nSPS) is 13.9. The molecule has 0 aromatic heterocycles. The summed E-state index contributed by atoms with van der Waals surface area (Å²) in [5.74, 6) is 0.0863. The van der Waals surface area contributed by atoms with Gasteiger partial charge in [0.1, 0.15) is 0 Å². The summed E-state index contributed by atoms with van der Waals surface area (Å²) >= 11 is 1.49. The fourth-order valence-corrected chi connectivity index (χ4v) is 2.05. The molecular formula is C10H14N2O2S. The number of nitrogens with two attached hydrogens (primary N) is 1. The van der Waals surface area contributed by atoms with Gasteiger partial charge in [-0.1, -0.05) is 30.3 Å². The summed E-state index contributed by atoms with van der Waals surface area (Å²) < 4.78 is 0. The Morgan fingerprint density at radius 3 is 2.80 bits per heavy atom. The smallest absolute Gasteiger partial charge is 0.171 e. The number of amidine groups is 1. The van der Waals surface area contributed by atoms with E-state index in [2.05, 4.69) is 5.16 Å². The van der Waals surface area contributed by atoms with E-state index in [1.807, 2.05) is 25.1 Å². The summed E-state index contributed by atoms with van der Waals surface area (Å²) in [6.45, 7) is 2.00. The van der Waals surface area contributed by atoms with Crippen LogP contribution in [0.4, 0.5) is 0 Å². The van der Waals surface area contributed by atoms with Crippen molar-refractivity contribution in [2.45, 2.75) is 17.1 Å². The van der Waals surface area contributed by atoms with Gasteiger partial charge in [0.2, 0.25) is 0 Å². The Labute approximate surface area is 92.8 Å². The number of nitrogens with zero attached hydrogens (tertiary/aromatic N) is 1. The molecule has 0 aliphatic carbocycles. The molecule has 1 atom stereocenters. The summed E-state index contributed by atoms with van der Waals surface area (Å²) in [5, 5.41) is 20.6. The second-order valence-corrected chi connectivity index (χ2v) is 4.57. The summed E-state index contributed by atoms with van der Waals surface area (Å²) in [6.07, 6.45) is 0. The van der Waals surface area contributed by atoms with Crippen LogP contribution >= 0.6 is 11.8 Å². The predicted octanol–water partition coefficient (Wildman–Crippen LogP) is 1.25. The number of oxime groups is 1. The van der Waals surface area contributed by atoms with Crippen LogP contribution in [-0.4, -0.2) is 28.0 Å². The van der Waals surface area contributed by atoms with Crippen LogP contribution in [0.15, 0.2) is 34.3 Å². The second-order valence-electron chi connectivity index (χ2n) is 3.09. The zero-order valence-electron chi connectivity index (χ0n) is 8.42. The molecule has 0 amide bonds. The molecule has 0 bridgehead atoms. The Morgan fingerprint density at radius 2 is 2.20 bits per heavy atom. The molecule has 1 rings (SSSR count). The number of benzene rings is 1. The van der Waals surface area contributed by atoms with Gasteiger partial charge in [0, 0.05) is 15.7 Å². The van der Waals surface area contributed by atoms with Gasteiger partial charge in [-0.15, -0.1) is 11.8 Å². The molecule has 15 heavy (non-hydrogen) atoms. The van der Waals surface area contributed by atoms with E-state index in [-0.39, 0.29) is 17.7 Å². The van der Waals surface area contributed by atoms with Crippen molar-refractivity contribution in [3.63, 3.8) is 0 Å². The second kappa shape index (κ2) is 5.63. The lowest BCUT2D eigenvalue weighted by molar-refractivity contribution is 0.300. The number of thioether (sulfide) groups is 1. The molecule has 0 saturated heterocycles. The third-order valence-electron chi connectivity index (χ3n) is 1.86. The van der Waals surface area contributed by atoms with Crippen LogP contribution in [0.5, 0.6) is 0 Å². The van der Waals surface area contributed by atoms with E-state index >= 15 is 0 Å². The van der Waals surface area contributed by atoms with Gasteiger partial charge in [0.15, 0.2) is 5.84 Å². The van der Waals surface area contributed by atoms with E-state index in [1.54, 1.807) is 6.07 Å². The van der Waals surface area contributed by atoms with Crippen LogP contribution in [0.3, 0.4) is 0 Å². The molecular weight excluding hydrogens is 212 g/mol. The summed E-state index contributed by atoms with van der Waals surface area (Å²) in [7, 11) is 0. The lowest BCUT2D eigenvalue weighted by Gasteiger charge is -2.11. The first kappa shape index (κ1) is 11.9. The van der Waals surface area contributed by atoms with E-state index < -0.39 is 0 Å². The highest BCUT2D eigenvalue weighted by Crippen LogP contribution is 2.26. The van der Waals surface area contributed by atoms with E-state index in [0.717, 1.165) is 4.90 Å². The van der Waals surface area contributed by atoms with Crippen LogP contribution < -0.4 is 5.73 Å². The predicted molar refractivity (Wildman–Crippen MR) is 61.4 cm³/mol. The molecule has 0 aliphatic rings. The van der Waals surface area contributed by atoms with Crippen molar-refractivity contribution in [2.75, 3.05) is 6.61 Å². The summed E-state index contributed by atoms with van der Waals surface area (Å²) in [4.78, 5) is 0.898. The van der Waals surface area contributed by atoms with E-state index in [9.17, 15) is 0 Å². The number of hydrogen-bond acceptors (Lipinski definition) is 4. The highest BCUT2D eigenvalue weighted by molar-refractivity contribution is 8.00. The molecule has 82 valence electrons. The van der Waals surface area contributed by atoms with Gasteiger partial charge in [0.25, 0.3) is 0 Å². The molecule has 0 aliphatic heterocycles. The lowest BCUT2D eigenvalue weighted by Crippen LogP contribution is -2.15. The molecule has 1 unspecified atom stereocenters. The van der Waals surface area contributed by atoms with E-state index in [4.69, 9.17) is 16.0 Å². The van der Waals surface area contributed by atoms with Crippen molar-refractivity contribution in [3.8, 4) is 0 Å². The average Bonchev–Trinajstić information content (AvgIpc) is 2.28. The number of hydrogen-bond donors (Lipinski definition) is 3. The van der Waals surface area contributed by atoms with Crippen molar-refractivity contribution >= 4 is 17.6 Å². The monoisotopic (exact) mass is 226 g/mol. The summed E-state index contributed by atoms with van der Waals surface area (Å²) in [5.41, 5.74) is 6.22. The van der Waals surface area contributed by atoms with Gasteiger partial charge < -0.3 is 16.0 Å². The minimum absolute atomic E-state index is 0.0812. The first-order chi connectivity index (χ1) is 7.19. The maximum atomic E-state index is 8.95. The van der Waals surface area contributed by atoms with Crippen molar-refractivity contribution in [3.05, 3.63) is 29.8 Å². The molecule has 4 nitrogen and oxygen atoms in total. The van der Waals surface area contributed by atoms with Gasteiger partial charge in [0.05, 0.1) is 6.61 Å². The van der Waals surface area contributed by atoms with Gasteiger partial charge in [-0.2, -0.15) is 0 Å². The largest absolute Gasteiger partial charge is 0.409 e. The van der Waals surface area contributed by atoms with Crippen LogP contribution in [0.2, 0.25) is 0 Å². The Bertz CT molecular complexity index is 355. The topological polar surface area (TPSA) is 78.8 Å². The number of aliphatic hydroxyl groups is 1. The fourth-order valence-electron chi connectivity index (χ4n) is 1.09. The number of aliphatic hydroxyl groups excluding tert-OH is 1. The minimum Gasteiger partial charge on any atom is -0.409 e. The molecule has 0 fully saturated rings.